The first-order valence-corrected chi connectivity index (χ1v) is 26.4. The third kappa shape index (κ3) is 21.4. The third-order valence-corrected chi connectivity index (χ3v) is 13.7. The summed E-state index contributed by atoms with van der Waals surface area (Å²) in [5, 5.41) is 6.26. The third-order valence-electron chi connectivity index (χ3n) is 11.3. The Hall–Kier alpha value is -4.54. The summed E-state index contributed by atoms with van der Waals surface area (Å²) in [7, 11) is 2.91. The molecule has 0 fully saturated rings. The molecule has 346 valence electrons. The predicted octanol–water partition coefficient (Wildman–Crippen LogP) is 12.1. The van der Waals surface area contributed by atoms with Crippen molar-refractivity contribution in [1.82, 2.24) is 20.4 Å². The molecule has 0 aliphatic heterocycles. The van der Waals surface area contributed by atoms with Gasteiger partial charge in [-0.3, -0.25) is 19.2 Å². The highest BCUT2D eigenvalue weighted by molar-refractivity contribution is 8.76. The van der Waals surface area contributed by atoms with Crippen LogP contribution in [0.3, 0.4) is 0 Å². The Morgan fingerprint density at radius 3 is 0.953 bits per heavy atom. The van der Waals surface area contributed by atoms with Crippen molar-refractivity contribution in [3.8, 4) is 0 Å². The molecule has 2 atom stereocenters. The Bertz CT molecular complexity index is 1650. The summed E-state index contributed by atoms with van der Waals surface area (Å²) in [6.45, 7) is 6.02. The topological polar surface area (TPSA) is 98.8 Å². The first-order chi connectivity index (χ1) is 31.4. The van der Waals surface area contributed by atoms with Crippen molar-refractivity contribution >= 4 is 45.2 Å². The number of amides is 4. The number of benzene rings is 4. The maximum atomic E-state index is 14.7. The van der Waals surface area contributed by atoms with Crippen LogP contribution in [-0.4, -0.2) is 57.0 Å². The van der Waals surface area contributed by atoms with Crippen molar-refractivity contribution in [2.45, 2.75) is 155 Å². The van der Waals surface area contributed by atoms with Crippen molar-refractivity contribution in [3.63, 3.8) is 0 Å². The molecule has 0 aliphatic rings. The molecule has 0 spiro atoms. The van der Waals surface area contributed by atoms with Crippen molar-refractivity contribution in [2.24, 2.45) is 0 Å². The lowest BCUT2D eigenvalue weighted by molar-refractivity contribution is -0.137. The van der Waals surface area contributed by atoms with E-state index in [4.69, 9.17) is 0 Å². The van der Waals surface area contributed by atoms with Crippen LogP contribution in [0.1, 0.15) is 139 Å². The fraction of sp³-hybridized carbons (Fsp3) is 0.481. The first kappa shape index (κ1) is 52.1. The van der Waals surface area contributed by atoms with Gasteiger partial charge < -0.3 is 20.4 Å². The molecule has 0 aromatic heterocycles. The van der Waals surface area contributed by atoms with Crippen LogP contribution in [0.5, 0.6) is 0 Å². The lowest BCUT2D eigenvalue weighted by Gasteiger charge is -2.29. The molecule has 4 rings (SSSR count). The minimum Gasteiger partial charge on any atom is -0.343 e. The number of nitrogens with zero attached hydrogens (tertiary/aromatic N) is 2. The maximum absolute atomic E-state index is 14.7. The molecule has 0 radical (unpaired) electrons. The Morgan fingerprint density at radius 1 is 0.406 bits per heavy atom. The summed E-state index contributed by atoms with van der Waals surface area (Å²) < 4.78 is 0. The lowest BCUT2D eigenvalue weighted by Crippen LogP contribution is -2.50. The van der Waals surface area contributed by atoms with E-state index in [1.54, 1.807) is 0 Å². The first-order valence-electron chi connectivity index (χ1n) is 23.9. The molecule has 4 amide bonds. The van der Waals surface area contributed by atoms with Gasteiger partial charge in [-0.1, -0.05) is 234 Å². The van der Waals surface area contributed by atoms with E-state index in [0.717, 1.165) is 60.8 Å². The molecule has 10 heteroatoms. The summed E-state index contributed by atoms with van der Waals surface area (Å²) in [6, 6.07) is 38.2. The second kappa shape index (κ2) is 32.2. The van der Waals surface area contributed by atoms with Crippen molar-refractivity contribution in [1.29, 1.82) is 0 Å². The van der Waals surface area contributed by atoms with Crippen LogP contribution < -0.4 is 10.6 Å². The molecule has 1 unspecified atom stereocenters. The van der Waals surface area contributed by atoms with Crippen LogP contribution in [-0.2, 0) is 45.4 Å². The van der Waals surface area contributed by atoms with Gasteiger partial charge >= 0.3 is 0 Å². The Morgan fingerprint density at radius 2 is 0.672 bits per heavy atom. The summed E-state index contributed by atoms with van der Waals surface area (Å²) in [5.74, 6) is 0.0519. The Balaban J connectivity index is 1.50. The smallest absolute Gasteiger partial charge is 0.246 e. The van der Waals surface area contributed by atoms with Crippen LogP contribution in [0, 0.1) is 0 Å². The number of unbranched alkanes of at least 4 members (excludes halogenated alkanes) is 12. The van der Waals surface area contributed by atoms with E-state index in [1.807, 2.05) is 131 Å². The number of rotatable bonds is 33. The zero-order valence-electron chi connectivity index (χ0n) is 38.6. The predicted molar refractivity (Wildman–Crippen MR) is 268 cm³/mol. The number of nitrogens with one attached hydrogen (secondary N) is 2. The highest BCUT2D eigenvalue weighted by Gasteiger charge is 2.29. The summed E-state index contributed by atoms with van der Waals surface area (Å²) in [6.07, 6.45) is 16.2. The summed E-state index contributed by atoms with van der Waals surface area (Å²) in [4.78, 5) is 60.0. The van der Waals surface area contributed by atoms with Crippen molar-refractivity contribution in [3.05, 3.63) is 144 Å². The number of hydrogen-bond donors (Lipinski definition) is 2. The Kier molecular flexibility index (Phi) is 26.2. The van der Waals surface area contributed by atoms with Gasteiger partial charge in [0, 0.05) is 50.5 Å². The Labute approximate surface area is 392 Å². The van der Waals surface area contributed by atoms with E-state index in [2.05, 4.69) is 24.5 Å². The fourth-order valence-electron chi connectivity index (χ4n) is 7.68. The minimum absolute atomic E-state index is 0.125. The second-order valence-corrected chi connectivity index (χ2v) is 19.4. The van der Waals surface area contributed by atoms with Crippen LogP contribution in [0.2, 0.25) is 0 Å². The molecular weight excluding hydrogens is 833 g/mol. The molecule has 4 aromatic rings. The van der Waals surface area contributed by atoms with Crippen molar-refractivity contribution in [2.75, 3.05) is 11.5 Å². The van der Waals surface area contributed by atoms with Gasteiger partial charge in [-0.05, 0) is 35.1 Å². The minimum atomic E-state index is -0.782. The molecule has 0 bridgehead atoms. The van der Waals surface area contributed by atoms with Gasteiger partial charge in [-0.2, -0.15) is 0 Å². The lowest BCUT2D eigenvalue weighted by atomic mass is 10.1. The molecule has 0 saturated carbocycles. The highest BCUT2D eigenvalue weighted by Crippen LogP contribution is 2.26. The van der Waals surface area contributed by atoms with E-state index >= 15 is 0 Å². The average Bonchev–Trinajstić information content (AvgIpc) is 3.32. The monoisotopic (exact) mass is 907 g/mol. The van der Waals surface area contributed by atoms with Gasteiger partial charge in [-0.15, -0.1) is 0 Å². The zero-order valence-corrected chi connectivity index (χ0v) is 40.2. The molecule has 4 aromatic carbocycles. The molecule has 64 heavy (non-hydrogen) atoms. The largest absolute Gasteiger partial charge is 0.343 e. The molecule has 0 heterocycles. The fourth-order valence-corrected chi connectivity index (χ4v) is 9.99. The standard InChI is InChI=1S/C54H74N4O4S2/c1-3-5-7-9-11-13-27-37-51(59)55-49(53(61)57(39-45-29-19-15-20-30-45)40-46-31-21-16-22-32-46)43-63-64-44-50(56-52(60)38-28-14-12-10-8-6-4-2)54(62)58(41-47-33-23-17-24-34-47)42-48-35-25-18-26-36-48/h15-26,29-36,49-50H,3-14,27-28,37-44H2,1-2H3,(H,55,59)(H,56,60)/t49-,50?/m0/s1. The molecule has 0 saturated heterocycles. The van der Waals surface area contributed by atoms with E-state index in [9.17, 15) is 19.2 Å². The van der Waals surface area contributed by atoms with E-state index in [1.165, 1.54) is 73.0 Å². The van der Waals surface area contributed by atoms with Gasteiger partial charge in [0.15, 0.2) is 0 Å². The van der Waals surface area contributed by atoms with Crippen LogP contribution in [0.25, 0.3) is 0 Å². The van der Waals surface area contributed by atoms with Gasteiger partial charge in [0.05, 0.1) is 0 Å². The SMILES string of the molecule is CCCCCCCCCC(=O)NC(CSSC[C@H](NC(=O)CCCCCCCCC)C(=O)N(Cc1ccccc1)Cc1ccccc1)C(=O)N(Cc1ccccc1)Cc1ccccc1. The quantitative estimate of drug-likeness (QED) is 0.0365. The zero-order chi connectivity index (χ0) is 45.5. The molecule has 0 aliphatic carbocycles. The molecule has 2 N–H and O–H groups in total. The second-order valence-electron chi connectivity index (χ2n) is 16.9. The number of hydrogen-bond acceptors (Lipinski definition) is 6. The van der Waals surface area contributed by atoms with Crippen LogP contribution >= 0.6 is 21.6 Å². The average molecular weight is 907 g/mol. The van der Waals surface area contributed by atoms with Crippen LogP contribution in [0.15, 0.2) is 121 Å². The summed E-state index contributed by atoms with van der Waals surface area (Å²) in [5.41, 5.74) is 4.02. The van der Waals surface area contributed by atoms with Gasteiger partial charge in [0.1, 0.15) is 12.1 Å². The van der Waals surface area contributed by atoms with Crippen LogP contribution in [0.4, 0.5) is 0 Å². The van der Waals surface area contributed by atoms with E-state index < -0.39 is 12.1 Å². The maximum Gasteiger partial charge on any atom is 0.246 e. The number of carbonyl (C=O) groups excluding carboxylic acids is 4. The van der Waals surface area contributed by atoms with E-state index in [-0.39, 0.29) is 23.6 Å². The van der Waals surface area contributed by atoms with Gasteiger partial charge in [0.25, 0.3) is 0 Å². The van der Waals surface area contributed by atoms with Crippen molar-refractivity contribution < 1.29 is 19.2 Å². The normalized spacial score (nSPS) is 12.0. The van der Waals surface area contributed by atoms with Gasteiger partial charge in [-0.25, -0.2) is 0 Å². The number of carbonyl (C=O) groups is 4. The highest BCUT2D eigenvalue weighted by atomic mass is 33.1. The van der Waals surface area contributed by atoms with Gasteiger partial charge in [0.2, 0.25) is 23.6 Å². The molecular formula is C54H74N4O4S2. The van der Waals surface area contributed by atoms with E-state index in [0.29, 0.717) is 50.5 Å². The molecule has 8 nitrogen and oxygen atoms in total. The summed E-state index contributed by atoms with van der Waals surface area (Å²) >= 11 is 0.